The van der Waals surface area contributed by atoms with E-state index in [9.17, 15) is 18.3 Å². The highest BCUT2D eigenvalue weighted by molar-refractivity contribution is 5.85. The van der Waals surface area contributed by atoms with Crippen molar-refractivity contribution in [2.75, 3.05) is 0 Å². The Labute approximate surface area is 102 Å². The van der Waals surface area contributed by atoms with Crippen LogP contribution in [0.25, 0.3) is 10.8 Å². The predicted octanol–water partition coefficient (Wildman–Crippen LogP) is 3.61. The van der Waals surface area contributed by atoms with Crippen LogP contribution in [0.4, 0.5) is 13.2 Å². The predicted molar refractivity (Wildman–Crippen MR) is 62.0 cm³/mol. The lowest BCUT2D eigenvalue weighted by Gasteiger charge is -2.14. The average Bonchev–Trinajstić information content (AvgIpc) is 2.34. The maximum Gasteiger partial charge on any atom is 0.389 e. The molecule has 1 N–H and O–H groups in total. The molecule has 1 atom stereocenters. The topological polar surface area (TPSA) is 33.1 Å². The van der Waals surface area contributed by atoms with Gasteiger partial charge in [-0.1, -0.05) is 18.2 Å². The van der Waals surface area contributed by atoms with E-state index in [1.54, 1.807) is 30.6 Å². The zero-order valence-corrected chi connectivity index (χ0v) is 9.48. The molecule has 2 rings (SSSR count). The highest BCUT2D eigenvalue weighted by Gasteiger charge is 2.28. The number of alkyl halides is 3. The van der Waals surface area contributed by atoms with Crippen molar-refractivity contribution in [2.24, 2.45) is 0 Å². The van der Waals surface area contributed by atoms with Gasteiger partial charge in [0.2, 0.25) is 0 Å². The summed E-state index contributed by atoms with van der Waals surface area (Å²) in [5, 5.41) is 11.4. The van der Waals surface area contributed by atoms with Crippen LogP contribution in [0.3, 0.4) is 0 Å². The van der Waals surface area contributed by atoms with Crippen LogP contribution in [0.15, 0.2) is 36.7 Å². The lowest BCUT2D eigenvalue weighted by Crippen LogP contribution is -2.10. The van der Waals surface area contributed by atoms with E-state index in [1.165, 1.54) is 0 Å². The van der Waals surface area contributed by atoms with Crippen molar-refractivity contribution in [1.82, 2.24) is 4.98 Å². The van der Waals surface area contributed by atoms with E-state index < -0.39 is 18.7 Å². The third kappa shape index (κ3) is 2.98. The molecule has 0 aliphatic carbocycles. The number of aromatic nitrogens is 1. The van der Waals surface area contributed by atoms with Crippen LogP contribution in [0.2, 0.25) is 0 Å². The molecule has 1 heterocycles. The van der Waals surface area contributed by atoms with Gasteiger partial charge in [-0.15, -0.1) is 0 Å². The van der Waals surface area contributed by atoms with Gasteiger partial charge in [0.05, 0.1) is 6.10 Å². The fraction of sp³-hybridized carbons (Fsp3) is 0.308. The third-order valence-corrected chi connectivity index (χ3v) is 2.78. The van der Waals surface area contributed by atoms with Crippen LogP contribution in [0, 0.1) is 0 Å². The molecule has 0 saturated heterocycles. The fourth-order valence-corrected chi connectivity index (χ4v) is 1.88. The van der Waals surface area contributed by atoms with Crippen LogP contribution in [-0.2, 0) is 0 Å². The maximum absolute atomic E-state index is 12.1. The Morgan fingerprint density at radius 2 is 2.00 bits per heavy atom. The number of pyridine rings is 1. The molecule has 0 fully saturated rings. The molecule has 0 spiro atoms. The first-order valence-electron chi connectivity index (χ1n) is 5.55. The first kappa shape index (κ1) is 12.8. The monoisotopic (exact) mass is 255 g/mol. The number of rotatable bonds is 3. The van der Waals surface area contributed by atoms with E-state index in [0.717, 1.165) is 5.39 Å². The summed E-state index contributed by atoms with van der Waals surface area (Å²) in [4.78, 5) is 3.93. The van der Waals surface area contributed by atoms with E-state index in [4.69, 9.17) is 0 Å². The van der Waals surface area contributed by atoms with Crippen LogP contribution in [-0.4, -0.2) is 16.3 Å². The number of aliphatic hydroxyl groups excluding tert-OH is 1. The Morgan fingerprint density at radius 1 is 1.22 bits per heavy atom. The second-order valence-corrected chi connectivity index (χ2v) is 4.11. The molecule has 2 nitrogen and oxygen atoms in total. The number of benzene rings is 1. The quantitative estimate of drug-likeness (QED) is 0.908. The zero-order chi connectivity index (χ0) is 13.2. The van der Waals surface area contributed by atoms with Gasteiger partial charge in [-0.3, -0.25) is 4.98 Å². The second kappa shape index (κ2) is 4.94. The number of aliphatic hydroxyl groups is 1. The van der Waals surface area contributed by atoms with Gasteiger partial charge in [0, 0.05) is 24.2 Å². The smallest absolute Gasteiger partial charge is 0.388 e. The number of hydrogen-bond acceptors (Lipinski definition) is 2. The van der Waals surface area contributed by atoms with Crippen molar-refractivity contribution in [3.8, 4) is 0 Å². The SMILES string of the molecule is OC(CCC(F)(F)F)c1cccc2ccncc12. The molecule has 1 aromatic heterocycles. The Bertz CT molecular complexity index is 534. The minimum Gasteiger partial charge on any atom is -0.388 e. The molecule has 0 amide bonds. The summed E-state index contributed by atoms with van der Waals surface area (Å²) in [6, 6.07) is 6.94. The van der Waals surface area contributed by atoms with Gasteiger partial charge in [-0.05, 0) is 23.4 Å². The number of hydrogen-bond donors (Lipinski definition) is 1. The third-order valence-electron chi connectivity index (χ3n) is 2.78. The summed E-state index contributed by atoms with van der Waals surface area (Å²) >= 11 is 0. The minimum absolute atomic E-state index is 0.336. The van der Waals surface area contributed by atoms with Gasteiger partial charge >= 0.3 is 6.18 Å². The van der Waals surface area contributed by atoms with E-state index >= 15 is 0 Å². The van der Waals surface area contributed by atoms with E-state index in [0.29, 0.717) is 10.9 Å². The number of halogens is 3. The van der Waals surface area contributed by atoms with Crippen LogP contribution in [0.5, 0.6) is 0 Å². The molecule has 1 aromatic carbocycles. The van der Waals surface area contributed by atoms with Gasteiger partial charge in [0.15, 0.2) is 0 Å². The van der Waals surface area contributed by atoms with Crippen LogP contribution in [0.1, 0.15) is 24.5 Å². The normalized spacial score (nSPS) is 13.8. The molecule has 0 aliphatic heterocycles. The summed E-state index contributed by atoms with van der Waals surface area (Å²) in [5.74, 6) is 0. The molecule has 0 radical (unpaired) electrons. The molecule has 0 aliphatic rings. The largest absolute Gasteiger partial charge is 0.389 e. The van der Waals surface area contributed by atoms with Crippen molar-refractivity contribution in [3.05, 3.63) is 42.2 Å². The van der Waals surface area contributed by atoms with Crippen molar-refractivity contribution in [1.29, 1.82) is 0 Å². The summed E-state index contributed by atoms with van der Waals surface area (Å²) in [6.45, 7) is 0. The molecule has 96 valence electrons. The molecule has 2 aromatic rings. The van der Waals surface area contributed by atoms with Crippen LogP contribution < -0.4 is 0 Å². The summed E-state index contributed by atoms with van der Waals surface area (Å²) in [6.07, 6.45) is -3.54. The van der Waals surface area contributed by atoms with Crippen molar-refractivity contribution < 1.29 is 18.3 Å². The molecular weight excluding hydrogens is 243 g/mol. The van der Waals surface area contributed by atoms with E-state index in [-0.39, 0.29) is 6.42 Å². The van der Waals surface area contributed by atoms with Gasteiger partial charge < -0.3 is 5.11 Å². The Kier molecular flexibility index (Phi) is 3.52. The Hall–Kier alpha value is -1.62. The van der Waals surface area contributed by atoms with Gasteiger partial charge in [-0.2, -0.15) is 13.2 Å². The van der Waals surface area contributed by atoms with Crippen LogP contribution >= 0.6 is 0 Å². The van der Waals surface area contributed by atoms with E-state index in [2.05, 4.69) is 4.98 Å². The molecule has 0 bridgehead atoms. The van der Waals surface area contributed by atoms with Crippen molar-refractivity contribution in [3.63, 3.8) is 0 Å². The number of nitrogens with zero attached hydrogens (tertiary/aromatic N) is 1. The Morgan fingerprint density at radius 3 is 2.72 bits per heavy atom. The van der Waals surface area contributed by atoms with Gasteiger partial charge in [0.25, 0.3) is 0 Å². The first-order valence-corrected chi connectivity index (χ1v) is 5.55. The summed E-state index contributed by atoms with van der Waals surface area (Å²) in [7, 11) is 0. The molecule has 1 unspecified atom stereocenters. The standard InChI is InChI=1S/C13H12F3NO/c14-13(15,16)6-4-12(18)10-3-1-2-9-5-7-17-8-11(9)10/h1-3,5,7-8,12,18H,4,6H2. The van der Waals surface area contributed by atoms with E-state index in [1.807, 2.05) is 6.07 Å². The highest BCUT2D eigenvalue weighted by atomic mass is 19.4. The lowest BCUT2D eigenvalue weighted by atomic mass is 9.99. The second-order valence-electron chi connectivity index (χ2n) is 4.11. The number of fused-ring (bicyclic) bond motifs is 1. The molecule has 5 heteroatoms. The molecular formula is C13H12F3NO. The summed E-state index contributed by atoms with van der Waals surface area (Å²) < 4.78 is 36.4. The molecule has 18 heavy (non-hydrogen) atoms. The van der Waals surface area contributed by atoms with Gasteiger partial charge in [-0.25, -0.2) is 0 Å². The maximum atomic E-state index is 12.1. The average molecular weight is 255 g/mol. The molecule has 0 saturated carbocycles. The van der Waals surface area contributed by atoms with Gasteiger partial charge in [0.1, 0.15) is 0 Å². The Balaban J connectivity index is 2.25. The van der Waals surface area contributed by atoms with Crippen molar-refractivity contribution in [2.45, 2.75) is 25.1 Å². The lowest BCUT2D eigenvalue weighted by molar-refractivity contribution is -0.140. The van der Waals surface area contributed by atoms with Crippen molar-refractivity contribution >= 4 is 10.8 Å². The first-order chi connectivity index (χ1) is 8.47. The minimum atomic E-state index is -4.25. The zero-order valence-electron chi connectivity index (χ0n) is 9.48. The fourth-order valence-electron chi connectivity index (χ4n) is 1.88. The summed E-state index contributed by atoms with van der Waals surface area (Å²) in [5.41, 5.74) is 0.491. The highest BCUT2D eigenvalue weighted by Crippen LogP contribution is 2.30.